The number of carbonyl (C=O) groups excluding carboxylic acids is 2. The first-order valence-corrected chi connectivity index (χ1v) is 14.3. The van der Waals surface area contributed by atoms with Crippen LogP contribution < -0.4 is 10.6 Å². The number of rotatable bonds is 8. The van der Waals surface area contributed by atoms with Gasteiger partial charge >= 0.3 is 0 Å². The van der Waals surface area contributed by atoms with Gasteiger partial charge in [0.1, 0.15) is 34.6 Å². The van der Waals surface area contributed by atoms with E-state index in [1.54, 1.807) is 22.7 Å². The van der Waals surface area contributed by atoms with Crippen LogP contribution in [-0.2, 0) is 14.3 Å². The zero-order valence-corrected chi connectivity index (χ0v) is 22.1. The van der Waals surface area contributed by atoms with E-state index in [9.17, 15) is 9.59 Å². The lowest BCUT2D eigenvalue weighted by atomic mass is 10.3. The van der Waals surface area contributed by atoms with E-state index in [0.29, 0.717) is 21.7 Å². The van der Waals surface area contributed by atoms with E-state index in [1.165, 1.54) is 22.7 Å². The Morgan fingerprint density at radius 2 is 1.14 bits per heavy atom. The minimum Gasteiger partial charge on any atom is -0.362 e. The molecule has 37 heavy (non-hydrogen) atoms. The standard InChI is InChI=1S/C24H16N6O3S4/c31-19(29-23-27-15(11-34-23)21-25-13-5-1-3-7-17(13)36-21)9-33-10-20(32)30-24-28-16(12-35-24)22-26-14-6-2-4-8-18(14)37-22/h1-8,11-12H,9-10H2,(H,27,29,31)(H,28,30,32). The normalized spacial score (nSPS) is 11.2. The Hall–Kier alpha value is -3.62. The number of benzene rings is 2. The predicted octanol–water partition coefficient (Wildman–Crippen LogP) is 5.75. The second kappa shape index (κ2) is 10.4. The van der Waals surface area contributed by atoms with E-state index in [1.807, 2.05) is 59.3 Å². The van der Waals surface area contributed by atoms with Crippen LogP contribution in [0.15, 0.2) is 59.3 Å². The summed E-state index contributed by atoms with van der Waals surface area (Å²) in [6, 6.07) is 15.7. The Balaban J connectivity index is 0.979. The summed E-state index contributed by atoms with van der Waals surface area (Å²) in [5.41, 5.74) is 3.24. The highest BCUT2D eigenvalue weighted by Crippen LogP contribution is 2.33. The van der Waals surface area contributed by atoms with Crippen LogP contribution in [0.3, 0.4) is 0 Å². The molecular formula is C24H16N6O3S4. The average Bonchev–Trinajstić information content (AvgIpc) is 3.68. The number of nitrogens with one attached hydrogen (secondary N) is 2. The van der Waals surface area contributed by atoms with Crippen molar-refractivity contribution in [3.63, 3.8) is 0 Å². The summed E-state index contributed by atoms with van der Waals surface area (Å²) in [4.78, 5) is 42.5. The lowest BCUT2D eigenvalue weighted by molar-refractivity contribution is -0.125. The molecule has 2 N–H and O–H groups in total. The minimum absolute atomic E-state index is 0.279. The molecule has 0 radical (unpaired) electrons. The van der Waals surface area contributed by atoms with Crippen molar-refractivity contribution in [2.75, 3.05) is 23.8 Å². The molecule has 2 amide bonds. The van der Waals surface area contributed by atoms with E-state index >= 15 is 0 Å². The van der Waals surface area contributed by atoms with E-state index < -0.39 is 11.8 Å². The highest BCUT2D eigenvalue weighted by molar-refractivity contribution is 7.22. The molecule has 0 aliphatic carbocycles. The average molecular weight is 565 g/mol. The molecule has 0 aliphatic heterocycles. The SMILES string of the molecule is O=C(COCC(=O)Nc1nc(-c2nc3ccccc3s2)cs1)Nc1nc(-c2nc3ccccc3s2)cs1. The Morgan fingerprint density at radius 3 is 1.59 bits per heavy atom. The number of thiazole rings is 4. The van der Waals surface area contributed by atoms with Crippen LogP contribution in [-0.4, -0.2) is 45.0 Å². The van der Waals surface area contributed by atoms with Crippen LogP contribution in [0.1, 0.15) is 0 Å². The van der Waals surface area contributed by atoms with Crippen LogP contribution in [0.25, 0.3) is 41.8 Å². The molecule has 0 bridgehead atoms. The quantitative estimate of drug-likeness (QED) is 0.242. The molecule has 2 aromatic carbocycles. The van der Waals surface area contributed by atoms with Crippen LogP contribution in [0.2, 0.25) is 0 Å². The predicted molar refractivity (Wildman–Crippen MR) is 150 cm³/mol. The van der Waals surface area contributed by atoms with Gasteiger partial charge in [0.15, 0.2) is 10.3 Å². The zero-order valence-electron chi connectivity index (χ0n) is 18.8. The number of hydrogen-bond donors (Lipinski definition) is 2. The third kappa shape index (κ3) is 5.40. The minimum atomic E-state index is -0.398. The second-order valence-corrected chi connectivity index (χ2v) is 11.4. The number of fused-ring (bicyclic) bond motifs is 2. The smallest absolute Gasteiger partial charge is 0.252 e. The first-order valence-electron chi connectivity index (χ1n) is 10.9. The van der Waals surface area contributed by atoms with Crippen molar-refractivity contribution in [2.24, 2.45) is 0 Å². The summed E-state index contributed by atoms with van der Waals surface area (Å²) in [6.07, 6.45) is 0. The van der Waals surface area contributed by atoms with Crippen molar-refractivity contribution in [3.8, 4) is 21.4 Å². The highest BCUT2D eigenvalue weighted by atomic mass is 32.1. The maximum atomic E-state index is 12.2. The summed E-state index contributed by atoms with van der Waals surface area (Å²) in [7, 11) is 0. The van der Waals surface area contributed by atoms with E-state index in [-0.39, 0.29) is 13.2 Å². The Morgan fingerprint density at radius 1 is 0.676 bits per heavy atom. The topological polar surface area (TPSA) is 119 Å². The number of nitrogens with zero attached hydrogens (tertiary/aromatic N) is 4. The number of aromatic nitrogens is 4. The molecule has 0 saturated carbocycles. The molecule has 184 valence electrons. The molecule has 4 aromatic heterocycles. The number of amides is 2. The molecule has 9 nitrogen and oxygen atoms in total. The molecule has 0 unspecified atom stereocenters. The largest absolute Gasteiger partial charge is 0.362 e. The Bertz CT molecular complexity index is 1540. The van der Waals surface area contributed by atoms with Gasteiger partial charge in [-0.05, 0) is 24.3 Å². The van der Waals surface area contributed by atoms with E-state index in [4.69, 9.17) is 4.74 Å². The number of para-hydroxylation sites is 2. The van der Waals surface area contributed by atoms with Gasteiger partial charge in [0, 0.05) is 10.8 Å². The molecule has 0 saturated heterocycles. The maximum Gasteiger partial charge on any atom is 0.252 e. The number of carbonyl (C=O) groups is 2. The molecule has 0 atom stereocenters. The summed E-state index contributed by atoms with van der Waals surface area (Å²) in [5.74, 6) is -0.796. The van der Waals surface area contributed by atoms with Gasteiger partial charge in [-0.3, -0.25) is 20.2 Å². The van der Waals surface area contributed by atoms with Gasteiger partial charge in [-0.15, -0.1) is 45.3 Å². The van der Waals surface area contributed by atoms with Crippen molar-refractivity contribution < 1.29 is 14.3 Å². The molecule has 13 heteroatoms. The van der Waals surface area contributed by atoms with Crippen molar-refractivity contribution in [2.45, 2.75) is 0 Å². The van der Waals surface area contributed by atoms with Gasteiger partial charge < -0.3 is 4.74 Å². The van der Waals surface area contributed by atoms with Crippen LogP contribution in [0, 0.1) is 0 Å². The third-order valence-corrected chi connectivity index (χ3v) is 8.63. The van der Waals surface area contributed by atoms with Gasteiger partial charge in [-0.1, -0.05) is 24.3 Å². The number of ether oxygens (including phenoxy) is 1. The molecule has 0 fully saturated rings. The van der Waals surface area contributed by atoms with Crippen LogP contribution >= 0.6 is 45.3 Å². The van der Waals surface area contributed by atoms with E-state index in [0.717, 1.165) is 30.4 Å². The fraction of sp³-hybridized carbons (Fsp3) is 0.0833. The summed E-state index contributed by atoms with van der Waals surface area (Å²) in [5, 5.41) is 11.5. The van der Waals surface area contributed by atoms with Crippen molar-refractivity contribution in [3.05, 3.63) is 59.3 Å². The monoisotopic (exact) mass is 564 g/mol. The molecule has 4 heterocycles. The van der Waals surface area contributed by atoms with Crippen molar-refractivity contribution >= 4 is 87.9 Å². The summed E-state index contributed by atoms with van der Waals surface area (Å²) >= 11 is 5.70. The molecular weight excluding hydrogens is 549 g/mol. The van der Waals surface area contributed by atoms with Crippen LogP contribution in [0.5, 0.6) is 0 Å². The van der Waals surface area contributed by atoms with Crippen molar-refractivity contribution in [1.29, 1.82) is 0 Å². The van der Waals surface area contributed by atoms with Gasteiger partial charge in [0.2, 0.25) is 0 Å². The fourth-order valence-corrected chi connectivity index (χ4v) is 6.79. The third-order valence-electron chi connectivity index (χ3n) is 4.99. The van der Waals surface area contributed by atoms with Gasteiger partial charge in [-0.2, -0.15) is 0 Å². The lowest BCUT2D eigenvalue weighted by Crippen LogP contribution is -2.23. The number of anilines is 2. The highest BCUT2D eigenvalue weighted by Gasteiger charge is 2.14. The number of hydrogen-bond acceptors (Lipinski definition) is 11. The van der Waals surface area contributed by atoms with E-state index in [2.05, 4.69) is 30.6 Å². The van der Waals surface area contributed by atoms with Crippen LogP contribution in [0.4, 0.5) is 10.3 Å². The Labute approximate surface area is 225 Å². The first-order chi connectivity index (χ1) is 18.1. The molecule has 0 aliphatic rings. The first kappa shape index (κ1) is 23.8. The van der Waals surface area contributed by atoms with Gasteiger partial charge in [0.25, 0.3) is 11.8 Å². The molecule has 6 aromatic rings. The van der Waals surface area contributed by atoms with Gasteiger partial charge in [-0.25, -0.2) is 19.9 Å². The Kier molecular flexibility index (Phi) is 6.68. The van der Waals surface area contributed by atoms with Gasteiger partial charge in [0.05, 0.1) is 20.4 Å². The molecule has 0 spiro atoms. The van der Waals surface area contributed by atoms with Crippen molar-refractivity contribution in [1.82, 2.24) is 19.9 Å². The lowest BCUT2D eigenvalue weighted by Gasteiger charge is -2.04. The summed E-state index contributed by atoms with van der Waals surface area (Å²) in [6.45, 7) is -0.559. The fourth-order valence-electron chi connectivity index (χ4n) is 3.37. The second-order valence-electron chi connectivity index (χ2n) is 7.64. The molecule has 6 rings (SSSR count). The summed E-state index contributed by atoms with van der Waals surface area (Å²) < 4.78 is 7.43. The maximum absolute atomic E-state index is 12.2. The zero-order chi connectivity index (χ0) is 25.2.